The number of benzene rings is 2. The van der Waals surface area contributed by atoms with E-state index in [0.717, 1.165) is 17.6 Å². The van der Waals surface area contributed by atoms with E-state index in [1.54, 1.807) is 72.6 Å². The fraction of sp³-hybridized carbons (Fsp3) is 0.600. The highest BCUT2D eigenvalue weighted by atomic mass is 16.7. The number of carbonyl (C=O) groups is 1. The van der Waals surface area contributed by atoms with Gasteiger partial charge in [-0.25, -0.2) is 0 Å². The number of fused-ring (bicyclic) bond motifs is 3. The highest BCUT2D eigenvalue weighted by Gasteiger charge is 2.60. The van der Waals surface area contributed by atoms with Crippen molar-refractivity contribution in [1.29, 1.82) is 0 Å². The normalized spacial score (nSPS) is 37.7. The number of carbonyl (C=O) groups excluding carboxylic acids is 1. The average molecular weight is 1160 g/mol. The molecule has 83 heavy (non-hydrogen) atoms. The average Bonchev–Trinajstić information content (AvgIpc) is 2.05. The van der Waals surface area contributed by atoms with Gasteiger partial charge in [0.2, 0.25) is 0 Å². The van der Waals surface area contributed by atoms with Crippen molar-refractivity contribution in [2.75, 3.05) is 35.0 Å². The second kappa shape index (κ2) is 26.7. The Morgan fingerprint density at radius 3 is 2.25 bits per heavy atom. The number of rotatable bonds is 11. The Morgan fingerprint density at radius 1 is 0.795 bits per heavy atom. The van der Waals surface area contributed by atoms with Crippen LogP contribution in [0.15, 0.2) is 117 Å². The topological polar surface area (TPSA) is 219 Å². The smallest absolute Gasteiger partial charge is 0.316 e. The first-order valence-corrected chi connectivity index (χ1v) is 29.3. The van der Waals surface area contributed by atoms with Crippen molar-refractivity contribution in [3.63, 3.8) is 0 Å². The van der Waals surface area contributed by atoms with Gasteiger partial charge in [0.25, 0.3) is 0 Å². The van der Waals surface area contributed by atoms with Crippen LogP contribution in [-0.2, 0) is 52.2 Å². The van der Waals surface area contributed by atoms with Crippen LogP contribution < -0.4 is 14.9 Å². The summed E-state index contributed by atoms with van der Waals surface area (Å²) in [5, 5.41) is 34.8. The Morgan fingerprint density at radius 2 is 1.52 bits per heavy atom. The first-order chi connectivity index (χ1) is 39.7. The molecule has 7 heterocycles. The minimum atomic E-state index is -1.84. The van der Waals surface area contributed by atoms with E-state index in [0.29, 0.717) is 71.5 Å². The Kier molecular flexibility index (Phi) is 20.1. The third kappa shape index (κ3) is 13.5. The molecule has 20 unspecified atom stereocenters. The summed E-state index contributed by atoms with van der Waals surface area (Å²) in [5.41, 5.74) is 1.34. The minimum Gasteiger partial charge on any atom is -0.497 e. The predicted octanol–water partition coefficient (Wildman–Crippen LogP) is 8.85. The Hall–Kier alpha value is -5.06. The molecule has 7 aliphatic rings. The van der Waals surface area contributed by atoms with Crippen molar-refractivity contribution in [3.05, 3.63) is 118 Å². The van der Waals surface area contributed by atoms with E-state index in [1.165, 1.54) is 6.07 Å². The molecule has 0 amide bonds. The number of aliphatic hydroxyl groups excluding tert-OH is 2. The van der Waals surface area contributed by atoms with Gasteiger partial charge in [0.15, 0.2) is 23.8 Å². The number of ether oxygens (including phenoxy) is 12. The molecule has 1 aliphatic carbocycles. The van der Waals surface area contributed by atoms with Crippen LogP contribution in [0.1, 0.15) is 93.9 Å². The second-order valence-electron chi connectivity index (χ2n) is 23.5. The van der Waals surface area contributed by atoms with E-state index in [1.807, 2.05) is 56.3 Å². The number of aliphatic hydroxyl groups is 3. The lowest BCUT2D eigenvalue weighted by Crippen LogP contribution is -2.58. The van der Waals surface area contributed by atoms with Crippen LogP contribution in [0.25, 0.3) is 22.3 Å². The largest absolute Gasteiger partial charge is 0.497 e. The lowest BCUT2D eigenvalue weighted by atomic mass is 9.71. The molecule has 2 aromatic carbocycles. The molecule has 18 heteroatoms. The van der Waals surface area contributed by atoms with Crippen molar-refractivity contribution in [2.45, 2.75) is 191 Å². The number of allylic oxidation sites excluding steroid dienone is 2. The molecule has 1 spiro atoms. The fourth-order valence-corrected chi connectivity index (χ4v) is 12.7. The first kappa shape index (κ1) is 62.5. The molecule has 4 saturated heterocycles. The van der Waals surface area contributed by atoms with Crippen LogP contribution in [0.3, 0.4) is 0 Å². The van der Waals surface area contributed by atoms with Gasteiger partial charge in [0.05, 0.1) is 68.9 Å². The van der Waals surface area contributed by atoms with E-state index in [-0.39, 0.29) is 48.1 Å². The van der Waals surface area contributed by atoms with Gasteiger partial charge in [-0.3, -0.25) is 9.59 Å². The molecule has 18 nitrogen and oxygen atoms in total. The highest BCUT2D eigenvalue weighted by Crippen LogP contribution is 2.47. The van der Waals surface area contributed by atoms with Crippen LogP contribution in [-0.4, -0.2) is 154 Å². The van der Waals surface area contributed by atoms with E-state index in [4.69, 9.17) is 61.3 Å². The SMILES string of the molecule is CCC(C)C1OC2(C=CC1C)CC1CC(CC=C(C)C(OC3CC(OC)C(OC4CC(OC)C(O)C(C)O4)C(C)O3)C(C)C=CC=C3COC4C(O)C(C)=CC(C(=O)O1)C34O)O2.COc1cccc(-c2cc(=O)c3ccc(OC)cc3o2)c1. The van der Waals surface area contributed by atoms with E-state index < -0.39 is 90.8 Å². The van der Waals surface area contributed by atoms with Gasteiger partial charge >= 0.3 is 5.97 Å². The molecule has 2 bridgehead atoms. The summed E-state index contributed by atoms with van der Waals surface area (Å²) in [6.07, 6.45) is 8.55. The van der Waals surface area contributed by atoms with Crippen LogP contribution >= 0.6 is 0 Å². The molecular weight excluding hydrogens is 1070 g/mol. The van der Waals surface area contributed by atoms with Gasteiger partial charge in [0, 0.05) is 69.4 Å². The second-order valence-corrected chi connectivity index (χ2v) is 23.5. The Balaban J connectivity index is 0.000000328. The molecule has 454 valence electrons. The molecule has 10 rings (SSSR count). The van der Waals surface area contributed by atoms with Gasteiger partial charge in [-0.15, -0.1) is 0 Å². The summed E-state index contributed by atoms with van der Waals surface area (Å²) in [5.74, 6) is -0.708. The standard InChI is InChI=1S/C48H72O14.C17H14O4/c1-11-25(2)43-28(5)17-18-47(62-43)23-34-20-33(61-47)16-15-27(4)42(26(3)13-12-14-32-24-55-45-40(49)29(6)19-35(46(51)58-34)48(32,45)52)59-39-22-37(54-10)44(31(8)57-39)60-38-21-36(53-9)41(50)30(7)56-38;1-19-12-5-3-4-11(8-12)16-10-15(18)14-7-6-13(20-2)9-17(14)21-16/h12-15,17-19,25-26,28,30-31,33-45,49-50,52H,11,16,20-24H2,1-10H3;3-10H,1-2H3. The quantitative estimate of drug-likeness (QED) is 0.121. The molecular formula is C65H86O18. The van der Waals surface area contributed by atoms with Crippen LogP contribution in [0.5, 0.6) is 11.5 Å². The summed E-state index contributed by atoms with van der Waals surface area (Å²) in [4.78, 5) is 26.5. The third-order valence-corrected chi connectivity index (χ3v) is 17.8. The zero-order valence-corrected chi connectivity index (χ0v) is 50.0. The summed E-state index contributed by atoms with van der Waals surface area (Å²) >= 11 is 0. The first-order valence-electron chi connectivity index (χ1n) is 29.3. The van der Waals surface area contributed by atoms with Crippen molar-refractivity contribution >= 4 is 16.9 Å². The van der Waals surface area contributed by atoms with Crippen LogP contribution in [0.2, 0.25) is 0 Å². The number of methoxy groups -OCH3 is 4. The molecule has 1 aromatic heterocycles. The molecule has 6 aliphatic heterocycles. The lowest BCUT2D eigenvalue weighted by Gasteiger charge is -2.48. The highest BCUT2D eigenvalue weighted by molar-refractivity contribution is 5.80. The van der Waals surface area contributed by atoms with Gasteiger partial charge in [-0.2, -0.15) is 0 Å². The summed E-state index contributed by atoms with van der Waals surface area (Å²) in [7, 11) is 6.39. The van der Waals surface area contributed by atoms with E-state index >= 15 is 0 Å². The monoisotopic (exact) mass is 1150 g/mol. The van der Waals surface area contributed by atoms with Crippen molar-refractivity contribution in [3.8, 4) is 22.8 Å². The predicted molar refractivity (Wildman–Crippen MR) is 308 cm³/mol. The van der Waals surface area contributed by atoms with Crippen molar-refractivity contribution in [1.82, 2.24) is 0 Å². The molecule has 4 fully saturated rings. The van der Waals surface area contributed by atoms with Crippen molar-refractivity contribution in [2.24, 2.45) is 23.7 Å². The van der Waals surface area contributed by atoms with Crippen LogP contribution in [0.4, 0.5) is 0 Å². The zero-order chi connectivity index (χ0) is 59.5. The van der Waals surface area contributed by atoms with Crippen molar-refractivity contribution < 1.29 is 81.4 Å². The number of hydrogen-bond donors (Lipinski definition) is 3. The third-order valence-electron chi connectivity index (χ3n) is 17.8. The maximum atomic E-state index is 14.3. The van der Waals surface area contributed by atoms with Crippen LogP contribution in [0, 0.1) is 23.7 Å². The maximum absolute atomic E-state index is 14.3. The Bertz CT molecular complexity index is 2950. The number of esters is 1. The number of hydrogen-bond acceptors (Lipinski definition) is 18. The van der Waals surface area contributed by atoms with E-state index in [9.17, 15) is 24.9 Å². The van der Waals surface area contributed by atoms with Gasteiger partial charge in [0.1, 0.15) is 64.9 Å². The fourth-order valence-electron chi connectivity index (χ4n) is 12.7. The maximum Gasteiger partial charge on any atom is 0.316 e. The summed E-state index contributed by atoms with van der Waals surface area (Å²) < 4.78 is 79.9. The molecule has 0 saturated carbocycles. The lowest BCUT2D eigenvalue weighted by molar-refractivity contribution is -0.318. The molecule has 0 radical (unpaired) electrons. The summed E-state index contributed by atoms with van der Waals surface area (Å²) in [6.45, 7) is 16.1. The zero-order valence-electron chi connectivity index (χ0n) is 50.0. The van der Waals surface area contributed by atoms with E-state index in [2.05, 4.69) is 39.8 Å². The molecule has 20 atom stereocenters. The Labute approximate surface area is 487 Å². The van der Waals surface area contributed by atoms with Gasteiger partial charge in [-0.1, -0.05) is 82.7 Å². The summed E-state index contributed by atoms with van der Waals surface area (Å²) in [6, 6.07) is 14.0. The molecule has 3 aromatic rings. The minimum absolute atomic E-state index is 0.0317. The van der Waals surface area contributed by atoms with Gasteiger partial charge < -0.3 is 76.6 Å². The van der Waals surface area contributed by atoms with Gasteiger partial charge in [-0.05, 0) is 87.1 Å². The molecule has 3 N–H and O–H groups in total.